The van der Waals surface area contributed by atoms with E-state index in [1.807, 2.05) is 26.2 Å². The zero-order valence-electron chi connectivity index (χ0n) is 11.3. The molecule has 4 nitrogen and oxygen atoms in total. The van der Waals surface area contributed by atoms with E-state index >= 15 is 0 Å². The Bertz CT molecular complexity index is 377. The molecular formula is C14H23N3O. The summed E-state index contributed by atoms with van der Waals surface area (Å²) in [6, 6.07) is 4.81. The fraction of sp³-hybridized carbons (Fsp3) is 0.643. The van der Waals surface area contributed by atoms with E-state index in [9.17, 15) is 5.11 Å². The van der Waals surface area contributed by atoms with Crippen molar-refractivity contribution >= 4 is 5.82 Å². The zero-order valence-corrected chi connectivity index (χ0v) is 11.3. The van der Waals surface area contributed by atoms with Gasteiger partial charge in [-0.3, -0.25) is 0 Å². The highest BCUT2D eigenvalue weighted by Crippen LogP contribution is 2.21. The number of aliphatic hydroxyl groups excluding tert-OH is 1. The lowest BCUT2D eigenvalue weighted by atomic mass is 10.2. The molecule has 1 atom stereocenters. The molecule has 4 heteroatoms. The molecule has 1 aromatic heterocycles. The smallest absolute Gasteiger partial charge is 0.132 e. The lowest BCUT2D eigenvalue weighted by Crippen LogP contribution is -2.25. The highest BCUT2D eigenvalue weighted by Gasteiger charge is 2.20. The molecule has 1 aromatic rings. The molecule has 100 valence electrons. The summed E-state index contributed by atoms with van der Waals surface area (Å²) in [7, 11) is 2.03. The molecule has 1 unspecified atom stereocenters. The van der Waals surface area contributed by atoms with Crippen LogP contribution in [0.15, 0.2) is 18.3 Å². The molecule has 0 radical (unpaired) electrons. The van der Waals surface area contributed by atoms with Crippen molar-refractivity contribution < 1.29 is 5.11 Å². The Morgan fingerprint density at radius 2 is 2.33 bits per heavy atom. The maximum absolute atomic E-state index is 9.34. The second kappa shape index (κ2) is 6.16. The van der Waals surface area contributed by atoms with E-state index in [2.05, 4.69) is 21.3 Å². The van der Waals surface area contributed by atoms with E-state index in [0.29, 0.717) is 6.04 Å². The Morgan fingerprint density at radius 3 is 3.00 bits per heavy atom. The maximum atomic E-state index is 9.34. The molecule has 1 saturated carbocycles. The third kappa shape index (κ3) is 3.96. The van der Waals surface area contributed by atoms with Gasteiger partial charge in [0.2, 0.25) is 0 Å². The Labute approximate surface area is 109 Å². The summed E-state index contributed by atoms with van der Waals surface area (Å²) in [6.07, 6.45) is 4.93. The quantitative estimate of drug-likeness (QED) is 0.769. The molecule has 2 rings (SSSR count). The van der Waals surface area contributed by atoms with Crippen LogP contribution < -0.4 is 10.2 Å². The number of hydrogen-bond acceptors (Lipinski definition) is 4. The molecule has 0 spiro atoms. The molecule has 1 aliphatic rings. The Morgan fingerprint density at radius 1 is 1.56 bits per heavy atom. The lowest BCUT2D eigenvalue weighted by molar-refractivity contribution is 0.187. The predicted octanol–water partition coefficient (Wildman–Crippen LogP) is 1.54. The van der Waals surface area contributed by atoms with Gasteiger partial charge in [0.15, 0.2) is 0 Å². The first-order valence-electron chi connectivity index (χ1n) is 6.73. The van der Waals surface area contributed by atoms with Crippen LogP contribution >= 0.6 is 0 Å². The summed E-state index contributed by atoms with van der Waals surface area (Å²) in [4.78, 5) is 6.58. The highest BCUT2D eigenvalue weighted by atomic mass is 16.3. The molecule has 0 aromatic carbocycles. The highest BCUT2D eigenvalue weighted by molar-refractivity contribution is 5.45. The van der Waals surface area contributed by atoms with Gasteiger partial charge in [0, 0.05) is 37.9 Å². The van der Waals surface area contributed by atoms with Crippen LogP contribution in [0.2, 0.25) is 0 Å². The Kier molecular flexibility index (Phi) is 4.55. The normalized spacial score (nSPS) is 16.6. The zero-order chi connectivity index (χ0) is 13.0. The minimum atomic E-state index is -0.260. The van der Waals surface area contributed by atoms with Gasteiger partial charge in [0.1, 0.15) is 5.82 Å². The van der Waals surface area contributed by atoms with Gasteiger partial charge in [-0.05, 0) is 32.3 Å². The number of anilines is 1. The average molecular weight is 249 g/mol. The third-order valence-electron chi connectivity index (χ3n) is 3.27. The summed E-state index contributed by atoms with van der Waals surface area (Å²) in [5.41, 5.74) is 1.23. The van der Waals surface area contributed by atoms with Gasteiger partial charge in [-0.15, -0.1) is 0 Å². The molecule has 18 heavy (non-hydrogen) atoms. The van der Waals surface area contributed by atoms with E-state index in [-0.39, 0.29) is 6.10 Å². The number of rotatable bonds is 7. The number of nitrogens with one attached hydrogen (secondary N) is 1. The van der Waals surface area contributed by atoms with Crippen LogP contribution in [0.5, 0.6) is 0 Å². The molecule has 0 bridgehead atoms. The van der Waals surface area contributed by atoms with E-state index in [1.165, 1.54) is 18.4 Å². The third-order valence-corrected chi connectivity index (χ3v) is 3.27. The van der Waals surface area contributed by atoms with Crippen molar-refractivity contribution in [2.24, 2.45) is 0 Å². The van der Waals surface area contributed by atoms with Gasteiger partial charge in [-0.2, -0.15) is 0 Å². The van der Waals surface area contributed by atoms with Crippen molar-refractivity contribution in [2.45, 2.75) is 44.9 Å². The number of aliphatic hydroxyl groups is 1. The molecule has 1 heterocycles. The van der Waals surface area contributed by atoms with Gasteiger partial charge in [0.25, 0.3) is 0 Å². The van der Waals surface area contributed by atoms with Crippen LogP contribution in [0.4, 0.5) is 5.82 Å². The summed E-state index contributed by atoms with van der Waals surface area (Å²) in [6.45, 7) is 3.53. The summed E-state index contributed by atoms with van der Waals surface area (Å²) in [5.74, 6) is 1.02. The van der Waals surface area contributed by atoms with Gasteiger partial charge >= 0.3 is 0 Å². The first-order valence-corrected chi connectivity index (χ1v) is 6.73. The van der Waals surface area contributed by atoms with Crippen molar-refractivity contribution in [1.29, 1.82) is 0 Å². The van der Waals surface area contributed by atoms with Crippen molar-refractivity contribution in [3.63, 3.8) is 0 Å². The van der Waals surface area contributed by atoms with E-state index < -0.39 is 0 Å². The van der Waals surface area contributed by atoms with Crippen LogP contribution in [0.3, 0.4) is 0 Å². The lowest BCUT2D eigenvalue weighted by Gasteiger charge is -2.22. The van der Waals surface area contributed by atoms with Crippen molar-refractivity contribution in [3.05, 3.63) is 23.9 Å². The molecule has 0 aliphatic heterocycles. The minimum Gasteiger partial charge on any atom is -0.393 e. The molecule has 1 aliphatic carbocycles. The van der Waals surface area contributed by atoms with Crippen LogP contribution in [-0.2, 0) is 6.54 Å². The van der Waals surface area contributed by atoms with Crippen molar-refractivity contribution in [2.75, 3.05) is 18.5 Å². The summed E-state index contributed by atoms with van der Waals surface area (Å²) < 4.78 is 0. The molecule has 0 amide bonds. The SMILES string of the molecule is CC(O)CCN(C)c1ncccc1CNC1CC1. The fourth-order valence-electron chi connectivity index (χ4n) is 1.94. The summed E-state index contributed by atoms with van der Waals surface area (Å²) in [5, 5.41) is 12.9. The number of aromatic nitrogens is 1. The van der Waals surface area contributed by atoms with Gasteiger partial charge < -0.3 is 15.3 Å². The number of nitrogens with zero attached hydrogens (tertiary/aromatic N) is 2. The van der Waals surface area contributed by atoms with Crippen LogP contribution in [0, 0.1) is 0 Å². The minimum absolute atomic E-state index is 0.260. The Hall–Kier alpha value is -1.13. The standard InChI is InChI=1S/C14H23N3O/c1-11(18)7-9-17(2)14-12(4-3-8-15-14)10-16-13-5-6-13/h3-4,8,11,13,16,18H,5-7,9-10H2,1-2H3. The van der Waals surface area contributed by atoms with Gasteiger partial charge in [-0.25, -0.2) is 4.98 Å². The first-order chi connectivity index (χ1) is 8.66. The van der Waals surface area contributed by atoms with E-state index in [1.54, 1.807) is 0 Å². The van der Waals surface area contributed by atoms with Crippen LogP contribution in [-0.4, -0.2) is 35.8 Å². The second-order valence-electron chi connectivity index (χ2n) is 5.20. The predicted molar refractivity (Wildman–Crippen MR) is 73.7 cm³/mol. The average Bonchev–Trinajstić information content (AvgIpc) is 3.18. The van der Waals surface area contributed by atoms with Gasteiger partial charge in [-0.1, -0.05) is 6.07 Å². The van der Waals surface area contributed by atoms with E-state index in [4.69, 9.17) is 0 Å². The molecule has 1 fully saturated rings. The largest absolute Gasteiger partial charge is 0.393 e. The topological polar surface area (TPSA) is 48.4 Å². The first kappa shape index (κ1) is 13.3. The summed E-state index contributed by atoms with van der Waals surface area (Å²) >= 11 is 0. The van der Waals surface area contributed by atoms with Crippen LogP contribution in [0.25, 0.3) is 0 Å². The molecular weight excluding hydrogens is 226 g/mol. The molecule has 0 saturated heterocycles. The Balaban J connectivity index is 1.95. The van der Waals surface area contributed by atoms with Crippen LogP contribution in [0.1, 0.15) is 31.7 Å². The maximum Gasteiger partial charge on any atom is 0.132 e. The van der Waals surface area contributed by atoms with Crippen molar-refractivity contribution in [1.82, 2.24) is 10.3 Å². The van der Waals surface area contributed by atoms with Crippen molar-refractivity contribution in [3.8, 4) is 0 Å². The van der Waals surface area contributed by atoms with Gasteiger partial charge in [0.05, 0.1) is 6.10 Å². The number of pyridine rings is 1. The molecule has 2 N–H and O–H groups in total. The second-order valence-corrected chi connectivity index (χ2v) is 5.20. The van der Waals surface area contributed by atoms with E-state index in [0.717, 1.165) is 25.3 Å². The fourth-order valence-corrected chi connectivity index (χ4v) is 1.94. The monoisotopic (exact) mass is 249 g/mol. The number of hydrogen-bond donors (Lipinski definition) is 2.